The van der Waals surface area contributed by atoms with Crippen molar-refractivity contribution in [2.45, 2.75) is 26.4 Å². The largest absolute Gasteiger partial charge is 0.492 e. The van der Waals surface area contributed by atoms with Gasteiger partial charge in [0.05, 0.1) is 37.1 Å². The van der Waals surface area contributed by atoms with Crippen molar-refractivity contribution in [1.29, 1.82) is 0 Å². The van der Waals surface area contributed by atoms with Crippen LogP contribution in [0.25, 0.3) is 10.6 Å². The minimum absolute atomic E-state index is 0.0960. The van der Waals surface area contributed by atoms with Crippen LogP contribution >= 0.6 is 27.3 Å². The highest BCUT2D eigenvalue weighted by Gasteiger charge is 2.28. The molecule has 0 radical (unpaired) electrons. The maximum absolute atomic E-state index is 12.0. The van der Waals surface area contributed by atoms with Crippen LogP contribution in [-0.2, 0) is 11.2 Å². The summed E-state index contributed by atoms with van der Waals surface area (Å²) in [6.07, 6.45) is 2.48. The van der Waals surface area contributed by atoms with Crippen LogP contribution < -0.4 is 9.47 Å². The van der Waals surface area contributed by atoms with Gasteiger partial charge in [0, 0.05) is 16.5 Å². The van der Waals surface area contributed by atoms with Crippen molar-refractivity contribution >= 4 is 33.2 Å². The number of benzene rings is 1. The van der Waals surface area contributed by atoms with Gasteiger partial charge in [0.25, 0.3) is 0 Å². The van der Waals surface area contributed by atoms with Gasteiger partial charge in [0.15, 0.2) is 5.06 Å². The summed E-state index contributed by atoms with van der Waals surface area (Å²) in [6.45, 7) is 4.49. The maximum Gasteiger partial charge on any atom is 0.339 e. The summed E-state index contributed by atoms with van der Waals surface area (Å²) in [4.78, 5) is 16.5. The number of rotatable bonds is 4. The van der Waals surface area contributed by atoms with E-state index in [-0.39, 0.29) is 12.1 Å². The first-order valence-electron chi connectivity index (χ1n) is 7.20. The summed E-state index contributed by atoms with van der Waals surface area (Å²) in [5.74, 6) is 0.340. The lowest BCUT2D eigenvalue weighted by Crippen LogP contribution is -2.06. The predicted molar refractivity (Wildman–Crippen MR) is 91.6 cm³/mol. The smallest absolute Gasteiger partial charge is 0.339 e. The van der Waals surface area contributed by atoms with E-state index < -0.39 is 0 Å². The van der Waals surface area contributed by atoms with Gasteiger partial charge in [-0.2, -0.15) is 0 Å². The molecule has 23 heavy (non-hydrogen) atoms. The van der Waals surface area contributed by atoms with Crippen LogP contribution in [0.15, 0.2) is 16.7 Å². The Hall–Kier alpha value is -1.60. The Morgan fingerprint density at radius 3 is 2.96 bits per heavy atom. The number of aromatic nitrogens is 1. The molecule has 1 aliphatic heterocycles. The van der Waals surface area contributed by atoms with E-state index in [0.717, 1.165) is 21.2 Å². The highest BCUT2D eigenvalue weighted by Crippen LogP contribution is 2.44. The summed E-state index contributed by atoms with van der Waals surface area (Å²) in [7, 11) is 1.38. The summed E-state index contributed by atoms with van der Waals surface area (Å²) < 4.78 is 17.0. The molecule has 0 atom stereocenters. The van der Waals surface area contributed by atoms with E-state index in [0.29, 0.717) is 28.8 Å². The van der Waals surface area contributed by atoms with Gasteiger partial charge in [0.2, 0.25) is 0 Å². The van der Waals surface area contributed by atoms with E-state index in [4.69, 9.17) is 14.2 Å². The van der Waals surface area contributed by atoms with E-state index in [1.54, 1.807) is 6.20 Å². The van der Waals surface area contributed by atoms with Crippen molar-refractivity contribution in [2.24, 2.45) is 0 Å². The first kappa shape index (κ1) is 16.3. The van der Waals surface area contributed by atoms with Gasteiger partial charge in [-0.05, 0) is 35.8 Å². The van der Waals surface area contributed by atoms with E-state index in [9.17, 15) is 4.79 Å². The molecule has 0 saturated heterocycles. The van der Waals surface area contributed by atoms with Crippen LogP contribution in [0.4, 0.5) is 0 Å². The van der Waals surface area contributed by atoms with Gasteiger partial charge in [-0.1, -0.05) is 11.3 Å². The lowest BCUT2D eigenvalue weighted by Gasteiger charge is -2.11. The average Bonchev–Trinajstić information content (AvgIpc) is 3.14. The zero-order chi connectivity index (χ0) is 16.6. The molecule has 0 amide bonds. The second kappa shape index (κ2) is 6.49. The molecule has 2 aromatic rings. The fourth-order valence-electron chi connectivity index (χ4n) is 2.50. The summed E-state index contributed by atoms with van der Waals surface area (Å²) >= 11 is 4.93. The van der Waals surface area contributed by atoms with Crippen LogP contribution in [-0.4, -0.2) is 30.8 Å². The van der Waals surface area contributed by atoms with Crippen molar-refractivity contribution in [3.05, 3.63) is 27.9 Å². The number of hydrogen-bond acceptors (Lipinski definition) is 6. The summed E-state index contributed by atoms with van der Waals surface area (Å²) in [5, 5.41) is 1.56. The second-order valence-corrected chi connectivity index (χ2v) is 7.18. The third kappa shape index (κ3) is 3.07. The summed E-state index contributed by atoms with van der Waals surface area (Å²) in [5.41, 5.74) is 2.25. The Balaban J connectivity index is 2.08. The van der Waals surface area contributed by atoms with Crippen LogP contribution in [0.3, 0.4) is 0 Å². The maximum atomic E-state index is 12.0. The van der Waals surface area contributed by atoms with Crippen LogP contribution in [0.5, 0.6) is 10.8 Å². The van der Waals surface area contributed by atoms with Gasteiger partial charge >= 0.3 is 5.97 Å². The molecule has 1 aromatic carbocycles. The number of fused-ring (bicyclic) bond motifs is 1. The zero-order valence-electron chi connectivity index (χ0n) is 13.0. The molecule has 0 bridgehead atoms. The van der Waals surface area contributed by atoms with Crippen LogP contribution in [0, 0.1) is 0 Å². The first-order chi connectivity index (χ1) is 11.0. The molecule has 0 fully saturated rings. The third-order valence-electron chi connectivity index (χ3n) is 3.39. The molecule has 1 aromatic heterocycles. The number of esters is 1. The number of halogens is 1. The Morgan fingerprint density at radius 1 is 1.48 bits per heavy atom. The molecule has 0 N–H and O–H groups in total. The van der Waals surface area contributed by atoms with Gasteiger partial charge in [-0.15, -0.1) is 0 Å². The number of carbonyl (C=O) groups excluding carboxylic acids is 1. The molecule has 0 aliphatic carbocycles. The molecular formula is C16H16BrNO4S. The predicted octanol–water partition coefficient (Wildman–Crippen LogP) is 4.08. The molecule has 3 rings (SSSR count). The van der Waals surface area contributed by atoms with Crippen molar-refractivity contribution in [3.8, 4) is 21.4 Å². The van der Waals surface area contributed by atoms with E-state index in [1.807, 2.05) is 19.9 Å². The van der Waals surface area contributed by atoms with Gasteiger partial charge in [-0.25, -0.2) is 9.78 Å². The monoisotopic (exact) mass is 397 g/mol. The fourth-order valence-corrected chi connectivity index (χ4v) is 4.03. The van der Waals surface area contributed by atoms with Gasteiger partial charge in [0.1, 0.15) is 10.8 Å². The molecule has 1 aliphatic rings. The van der Waals surface area contributed by atoms with Crippen molar-refractivity contribution in [2.75, 3.05) is 13.7 Å². The van der Waals surface area contributed by atoms with E-state index >= 15 is 0 Å². The molecular weight excluding hydrogens is 382 g/mol. The van der Waals surface area contributed by atoms with Crippen LogP contribution in [0.1, 0.15) is 29.8 Å². The lowest BCUT2D eigenvalue weighted by molar-refractivity contribution is 0.0598. The number of thiazole rings is 1. The number of carbonyl (C=O) groups is 1. The fraction of sp³-hybridized carbons (Fsp3) is 0.375. The quantitative estimate of drug-likeness (QED) is 0.727. The standard InChI is InChI=1S/C16H16BrNO4S/c1-8(2)22-12-7-18-15(23-12)10-6-11(17)13(16(19)20-3)9-4-5-21-14(9)10/h6-8H,4-5H2,1-3H3. The van der Waals surface area contributed by atoms with Crippen molar-refractivity contribution in [1.82, 2.24) is 4.98 Å². The number of nitrogens with zero attached hydrogens (tertiary/aromatic N) is 1. The minimum atomic E-state index is -0.367. The molecule has 122 valence electrons. The minimum Gasteiger partial charge on any atom is -0.492 e. The van der Waals surface area contributed by atoms with Gasteiger partial charge < -0.3 is 14.2 Å². The van der Waals surface area contributed by atoms with E-state index in [1.165, 1.54) is 18.4 Å². The van der Waals surface area contributed by atoms with Gasteiger partial charge in [-0.3, -0.25) is 0 Å². The summed E-state index contributed by atoms with van der Waals surface area (Å²) in [6, 6.07) is 1.86. The topological polar surface area (TPSA) is 57.7 Å². The Kier molecular flexibility index (Phi) is 4.59. The first-order valence-corrected chi connectivity index (χ1v) is 8.81. The normalized spacial score (nSPS) is 12.9. The highest BCUT2D eigenvalue weighted by molar-refractivity contribution is 9.10. The molecule has 0 spiro atoms. The molecule has 2 heterocycles. The number of methoxy groups -OCH3 is 1. The third-order valence-corrected chi connectivity index (χ3v) is 4.93. The zero-order valence-corrected chi connectivity index (χ0v) is 15.4. The van der Waals surface area contributed by atoms with Crippen molar-refractivity contribution < 1.29 is 19.0 Å². The molecule has 0 unspecified atom stereocenters. The Labute approximate surface area is 146 Å². The van der Waals surface area contributed by atoms with Crippen molar-refractivity contribution in [3.63, 3.8) is 0 Å². The Morgan fingerprint density at radius 2 is 2.26 bits per heavy atom. The Bertz CT molecular complexity index is 757. The number of hydrogen-bond donors (Lipinski definition) is 0. The van der Waals surface area contributed by atoms with E-state index in [2.05, 4.69) is 20.9 Å². The molecule has 0 saturated carbocycles. The molecule has 5 nitrogen and oxygen atoms in total. The number of ether oxygens (including phenoxy) is 3. The molecule has 7 heteroatoms. The lowest BCUT2D eigenvalue weighted by atomic mass is 10.0. The van der Waals surface area contributed by atoms with Crippen LogP contribution in [0.2, 0.25) is 0 Å². The average molecular weight is 398 g/mol. The SMILES string of the molecule is COC(=O)c1c(Br)cc(-c2ncc(OC(C)C)s2)c2c1CCO2. The highest BCUT2D eigenvalue weighted by atomic mass is 79.9. The second-order valence-electron chi connectivity index (χ2n) is 5.33.